The molecule has 1 amide bonds. The summed E-state index contributed by atoms with van der Waals surface area (Å²) < 4.78 is 7.55. The molecule has 2 aromatic heterocycles. The number of nitriles is 1. The average molecular weight is 442 g/mol. The molecule has 7 nitrogen and oxygen atoms in total. The summed E-state index contributed by atoms with van der Waals surface area (Å²) in [7, 11) is 0. The summed E-state index contributed by atoms with van der Waals surface area (Å²) in [6, 6.07) is 23.0. The molecule has 0 saturated carbocycles. The molecule has 8 heteroatoms. The van der Waals surface area contributed by atoms with Crippen LogP contribution in [0.15, 0.2) is 78.5 Å². The number of anilines is 1. The molecule has 0 aliphatic rings. The highest BCUT2D eigenvalue weighted by Gasteiger charge is 2.14. The Balaban J connectivity index is 1.45. The molecule has 0 aliphatic carbocycles. The van der Waals surface area contributed by atoms with Crippen molar-refractivity contribution in [3.63, 3.8) is 0 Å². The van der Waals surface area contributed by atoms with Crippen LogP contribution in [0.3, 0.4) is 0 Å². The number of benzene rings is 2. The number of hydrogen-bond acceptors (Lipinski definition) is 6. The lowest BCUT2D eigenvalue weighted by molar-refractivity contribution is -0.112. The van der Waals surface area contributed by atoms with Crippen LogP contribution in [0.2, 0.25) is 0 Å². The Morgan fingerprint density at radius 3 is 2.66 bits per heavy atom. The molecule has 0 aliphatic heterocycles. The summed E-state index contributed by atoms with van der Waals surface area (Å²) in [6.07, 6.45) is 3.43. The van der Waals surface area contributed by atoms with Crippen LogP contribution >= 0.6 is 11.3 Å². The van der Waals surface area contributed by atoms with E-state index in [2.05, 4.69) is 15.5 Å². The fourth-order valence-corrected chi connectivity index (χ4v) is 3.59. The molecule has 0 saturated heterocycles. The SMILES string of the molecule is Cc1ccc(-n2cccc2/C=C(/C#N)C(=O)Nc2nnc(COc3ccccc3)s2)cc1. The van der Waals surface area contributed by atoms with E-state index in [0.29, 0.717) is 10.1 Å². The smallest absolute Gasteiger partial charge is 0.268 e. The van der Waals surface area contributed by atoms with E-state index >= 15 is 0 Å². The van der Waals surface area contributed by atoms with E-state index < -0.39 is 5.91 Å². The molecule has 0 bridgehead atoms. The summed E-state index contributed by atoms with van der Waals surface area (Å²) in [5, 5.41) is 21.1. The second kappa shape index (κ2) is 9.73. The maximum Gasteiger partial charge on any atom is 0.268 e. The van der Waals surface area contributed by atoms with Crippen molar-refractivity contribution < 1.29 is 9.53 Å². The number of para-hydroxylation sites is 1. The molecule has 2 aromatic carbocycles. The van der Waals surface area contributed by atoms with Gasteiger partial charge < -0.3 is 9.30 Å². The van der Waals surface area contributed by atoms with Crippen LogP contribution in [-0.4, -0.2) is 20.7 Å². The number of rotatable bonds is 7. The number of aryl methyl sites for hydroxylation is 1. The van der Waals surface area contributed by atoms with Gasteiger partial charge in [0.05, 0.1) is 0 Å². The maximum absolute atomic E-state index is 12.6. The van der Waals surface area contributed by atoms with Gasteiger partial charge in [0.25, 0.3) is 5.91 Å². The molecule has 0 spiro atoms. The molecule has 0 unspecified atom stereocenters. The highest BCUT2D eigenvalue weighted by atomic mass is 32.1. The number of nitrogens with one attached hydrogen (secondary N) is 1. The van der Waals surface area contributed by atoms with E-state index in [0.717, 1.165) is 22.7 Å². The zero-order valence-corrected chi connectivity index (χ0v) is 18.0. The quantitative estimate of drug-likeness (QED) is 0.330. The van der Waals surface area contributed by atoms with Gasteiger partial charge in [0.1, 0.15) is 24.0 Å². The first kappa shape index (κ1) is 21.0. The lowest BCUT2D eigenvalue weighted by Crippen LogP contribution is -2.13. The Labute approximate surface area is 189 Å². The van der Waals surface area contributed by atoms with Crippen LogP contribution in [-0.2, 0) is 11.4 Å². The van der Waals surface area contributed by atoms with Crippen molar-refractivity contribution in [3.8, 4) is 17.5 Å². The zero-order chi connectivity index (χ0) is 22.3. The van der Waals surface area contributed by atoms with Crippen LogP contribution in [0, 0.1) is 18.3 Å². The third kappa shape index (κ3) is 5.09. The largest absolute Gasteiger partial charge is 0.486 e. The van der Waals surface area contributed by atoms with Crippen molar-refractivity contribution in [2.24, 2.45) is 0 Å². The molecule has 1 N–H and O–H groups in total. The molecule has 4 aromatic rings. The van der Waals surface area contributed by atoms with Gasteiger partial charge in [-0.2, -0.15) is 5.26 Å². The number of ether oxygens (including phenoxy) is 1. The lowest BCUT2D eigenvalue weighted by atomic mass is 10.2. The molecule has 0 radical (unpaired) electrons. The first-order valence-corrected chi connectivity index (χ1v) is 10.6. The summed E-state index contributed by atoms with van der Waals surface area (Å²) in [5.41, 5.74) is 2.78. The first-order valence-electron chi connectivity index (χ1n) is 9.80. The summed E-state index contributed by atoms with van der Waals surface area (Å²) >= 11 is 1.20. The van der Waals surface area contributed by atoms with Gasteiger partial charge in [0, 0.05) is 17.6 Å². The number of hydrogen-bond donors (Lipinski definition) is 1. The van der Waals surface area contributed by atoms with Crippen LogP contribution in [0.25, 0.3) is 11.8 Å². The van der Waals surface area contributed by atoms with E-state index in [-0.39, 0.29) is 12.2 Å². The van der Waals surface area contributed by atoms with Crippen molar-refractivity contribution in [3.05, 3.63) is 94.8 Å². The van der Waals surface area contributed by atoms with E-state index in [9.17, 15) is 10.1 Å². The number of amides is 1. The fourth-order valence-electron chi connectivity index (χ4n) is 2.94. The second-order valence-electron chi connectivity index (χ2n) is 6.87. The Bertz CT molecular complexity index is 1280. The molecule has 0 fully saturated rings. The standard InChI is InChI=1S/C24H19N5O2S/c1-17-9-11-19(12-10-17)29-13-5-6-20(29)14-18(15-25)23(30)26-24-28-27-22(32-24)16-31-21-7-3-2-4-8-21/h2-14H,16H2,1H3,(H,26,28,30)/b18-14-. The third-order valence-electron chi connectivity index (χ3n) is 4.54. The maximum atomic E-state index is 12.6. The molecule has 32 heavy (non-hydrogen) atoms. The summed E-state index contributed by atoms with van der Waals surface area (Å²) in [4.78, 5) is 12.6. The van der Waals surface area contributed by atoms with E-state index in [1.807, 2.05) is 90.5 Å². The zero-order valence-electron chi connectivity index (χ0n) is 17.2. The molecule has 4 rings (SSSR count). The number of nitrogens with zero attached hydrogens (tertiary/aromatic N) is 4. The van der Waals surface area contributed by atoms with Crippen LogP contribution in [0.4, 0.5) is 5.13 Å². The normalized spacial score (nSPS) is 11.1. The van der Waals surface area contributed by atoms with E-state index in [1.54, 1.807) is 6.08 Å². The third-order valence-corrected chi connectivity index (χ3v) is 5.35. The van der Waals surface area contributed by atoms with Crippen LogP contribution < -0.4 is 10.1 Å². The van der Waals surface area contributed by atoms with Gasteiger partial charge in [0.15, 0.2) is 5.01 Å². The predicted molar refractivity (Wildman–Crippen MR) is 123 cm³/mol. The molecule has 2 heterocycles. The van der Waals surface area contributed by atoms with Crippen molar-refractivity contribution in [2.75, 3.05) is 5.32 Å². The topological polar surface area (TPSA) is 92.8 Å². The van der Waals surface area contributed by atoms with Crippen molar-refractivity contribution >= 4 is 28.5 Å². The van der Waals surface area contributed by atoms with Gasteiger partial charge in [-0.05, 0) is 49.4 Å². The van der Waals surface area contributed by atoms with Gasteiger partial charge in [-0.1, -0.05) is 47.2 Å². The Morgan fingerprint density at radius 1 is 1.12 bits per heavy atom. The molecule has 0 atom stereocenters. The number of aromatic nitrogens is 3. The Hall–Kier alpha value is -4.22. The van der Waals surface area contributed by atoms with Gasteiger partial charge in [-0.3, -0.25) is 10.1 Å². The summed E-state index contributed by atoms with van der Waals surface area (Å²) in [5.74, 6) is 0.176. The molecular weight excluding hydrogens is 422 g/mol. The van der Waals surface area contributed by atoms with Crippen molar-refractivity contribution in [1.82, 2.24) is 14.8 Å². The highest BCUT2D eigenvalue weighted by molar-refractivity contribution is 7.15. The van der Waals surface area contributed by atoms with Crippen LogP contribution in [0.1, 0.15) is 16.3 Å². The minimum Gasteiger partial charge on any atom is -0.486 e. The average Bonchev–Trinajstić information content (AvgIpc) is 3.46. The minimum atomic E-state index is -0.546. The molecular formula is C24H19N5O2S. The Kier molecular flexibility index (Phi) is 6.39. The van der Waals surface area contributed by atoms with Gasteiger partial charge >= 0.3 is 0 Å². The summed E-state index contributed by atoms with van der Waals surface area (Å²) in [6.45, 7) is 2.26. The van der Waals surface area contributed by atoms with E-state index in [1.165, 1.54) is 11.3 Å². The van der Waals surface area contributed by atoms with Crippen molar-refractivity contribution in [1.29, 1.82) is 5.26 Å². The Morgan fingerprint density at radius 2 is 1.91 bits per heavy atom. The number of carbonyl (C=O) groups is 1. The van der Waals surface area contributed by atoms with E-state index in [4.69, 9.17) is 4.74 Å². The molecule has 158 valence electrons. The second-order valence-corrected chi connectivity index (χ2v) is 7.93. The fraction of sp³-hybridized carbons (Fsp3) is 0.0833. The van der Waals surface area contributed by atoms with Gasteiger partial charge in [-0.15, -0.1) is 10.2 Å². The lowest BCUT2D eigenvalue weighted by Gasteiger charge is -2.07. The predicted octanol–water partition coefficient (Wildman–Crippen LogP) is 4.76. The minimum absolute atomic E-state index is 0.0330. The van der Waals surface area contributed by atoms with Gasteiger partial charge in [-0.25, -0.2) is 0 Å². The van der Waals surface area contributed by atoms with Crippen molar-refractivity contribution in [2.45, 2.75) is 13.5 Å². The van der Waals surface area contributed by atoms with Gasteiger partial charge in [0.2, 0.25) is 5.13 Å². The first-order chi connectivity index (χ1) is 15.6. The monoisotopic (exact) mass is 441 g/mol. The highest BCUT2D eigenvalue weighted by Crippen LogP contribution is 2.20. The van der Waals surface area contributed by atoms with Crippen LogP contribution in [0.5, 0.6) is 5.75 Å². The number of carbonyl (C=O) groups excluding carboxylic acids is 1.